The largest absolute Gasteiger partial charge is 0.503 e. The molecule has 1 amide bonds. The molecule has 3 heterocycles. The van der Waals surface area contributed by atoms with Crippen LogP contribution in [0.25, 0.3) is 10.6 Å². The molecule has 1 atom stereocenters. The van der Waals surface area contributed by atoms with Crippen molar-refractivity contribution < 1.29 is 14.7 Å². The minimum Gasteiger partial charge on any atom is -0.503 e. The summed E-state index contributed by atoms with van der Waals surface area (Å²) in [6.45, 7) is 3.84. The number of benzene rings is 3. The molecule has 0 bridgehead atoms. The van der Waals surface area contributed by atoms with Gasteiger partial charge in [-0.3, -0.25) is 14.5 Å². The maximum absolute atomic E-state index is 14.2. The fourth-order valence-corrected chi connectivity index (χ4v) is 7.65. The molecule has 6 rings (SSSR count). The fraction of sp³-hybridized carbons (Fsp3) is 0.156. The van der Waals surface area contributed by atoms with Gasteiger partial charge in [0.25, 0.3) is 5.91 Å². The summed E-state index contributed by atoms with van der Waals surface area (Å²) in [5.41, 5.74) is 4.43. The maximum Gasteiger partial charge on any atom is 0.296 e. The SMILES string of the molecule is CCc1ccc(C2C(C(=O)c3sc(-c4ccccc4)nc3C)=C(O)C(=O)N2c2nnc(SCc3ccccc3)s2)cc1. The summed E-state index contributed by atoms with van der Waals surface area (Å²) >= 11 is 4.04. The van der Waals surface area contributed by atoms with Gasteiger partial charge in [-0.2, -0.15) is 0 Å². The van der Waals surface area contributed by atoms with Crippen LogP contribution in [-0.4, -0.2) is 32.0 Å². The van der Waals surface area contributed by atoms with Crippen molar-refractivity contribution in [2.75, 3.05) is 4.90 Å². The van der Waals surface area contributed by atoms with Gasteiger partial charge in [0.05, 0.1) is 22.2 Å². The first-order valence-corrected chi connectivity index (χ1v) is 16.0. The molecule has 10 heteroatoms. The van der Waals surface area contributed by atoms with E-state index in [1.54, 1.807) is 6.92 Å². The number of hydrogen-bond donors (Lipinski definition) is 1. The monoisotopic (exact) mass is 610 g/mol. The fourth-order valence-electron chi connectivity index (χ4n) is 4.80. The highest BCUT2D eigenvalue weighted by atomic mass is 32.2. The van der Waals surface area contributed by atoms with Crippen molar-refractivity contribution in [3.05, 3.63) is 124 Å². The van der Waals surface area contributed by atoms with Crippen molar-refractivity contribution in [1.82, 2.24) is 15.2 Å². The van der Waals surface area contributed by atoms with E-state index < -0.39 is 23.5 Å². The van der Waals surface area contributed by atoms with E-state index in [4.69, 9.17) is 0 Å². The smallest absolute Gasteiger partial charge is 0.296 e. The van der Waals surface area contributed by atoms with Crippen LogP contribution < -0.4 is 4.90 Å². The zero-order valence-corrected chi connectivity index (χ0v) is 25.3. The van der Waals surface area contributed by atoms with Crippen molar-refractivity contribution in [2.45, 2.75) is 36.4 Å². The number of nitrogens with zero attached hydrogens (tertiary/aromatic N) is 4. The molecule has 0 radical (unpaired) electrons. The Hall–Kier alpha value is -4.12. The lowest BCUT2D eigenvalue weighted by atomic mass is 9.94. The second-order valence-electron chi connectivity index (χ2n) is 9.69. The van der Waals surface area contributed by atoms with Crippen LogP contribution in [0.4, 0.5) is 5.13 Å². The van der Waals surface area contributed by atoms with E-state index in [2.05, 4.69) is 22.1 Å². The summed E-state index contributed by atoms with van der Waals surface area (Å²) in [4.78, 5) is 34.2. The van der Waals surface area contributed by atoms with Crippen LogP contribution >= 0.6 is 34.4 Å². The van der Waals surface area contributed by atoms with E-state index in [-0.39, 0.29) is 5.57 Å². The number of Topliss-reactive ketones (excluding diaryl/α,β-unsaturated/α-hetero) is 1. The minimum absolute atomic E-state index is 0.0179. The molecule has 1 N–H and O–H groups in total. The number of thioether (sulfide) groups is 1. The Kier molecular flexibility index (Phi) is 8.01. The number of rotatable bonds is 9. The number of thiazole rings is 1. The Morgan fingerprint density at radius 3 is 2.31 bits per heavy atom. The lowest BCUT2D eigenvalue weighted by Crippen LogP contribution is -2.31. The molecule has 0 saturated carbocycles. The highest BCUT2D eigenvalue weighted by Gasteiger charge is 2.46. The van der Waals surface area contributed by atoms with Crippen LogP contribution in [0.3, 0.4) is 0 Å². The molecule has 5 aromatic rings. The van der Waals surface area contributed by atoms with E-state index in [0.29, 0.717) is 36.4 Å². The average molecular weight is 611 g/mol. The van der Waals surface area contributed by atoms with Crippen LogP contribution in [0.2, 0.25) is 0 Å². The zero-order valence-electron chi connectivity index (χ0n) is 22.9. The molecular weight excluding hydrogens is 585 g/mol. The summed E-state index contributed by atoms with van der Waals surface area (Å²) in [5.74, 6) is -0.975. The first-order chi connectivity index (χ1) is 20.4. The molecule has 210 valence electrons. The summed E-state index contributed by atoms with van der Waals surface area (Å²) in [7, 11) is 0. The van der Waals surface area contributed by atoms with Crippen molar-refractivity contribution in [3.8, 4) is 10.6 Å². The van der Waals surface area contributed by atoms with E-state index in [1.165, 1.54) is 39.3 Å². The highest BCUT2D eigenvalue weighted by molar-refractivity contribution is 8.00. The number of hydrogen-bond acceptors (Lipinski definition) is 9. The van der Waals surface area contributed by atoms with Crippen molar-refractivity contribution in [2.24, 2.45) is 0 Å². The van der Waals surface area contributed by atoms with Crippen LogP contribution in [0.1, 0.15) is 45.0 Å². The summed E-state index contributed by atoms with van der Waals surface area (Å²) in [5, 5.41) is 20.9. The first-order valence-electron chi connectivity index (χ1n) is 13.4. The number of aromatic nitrogens is 3. The number of carbonyl (C=O) groups is 2. The second kappa shape index (κ2) is 12.0. The molecule has 0 aliphatic carbocycles. The number of aliphatic hydroxyl groups excluding tert-OH is 1. The summed E-state index contributed by atoms with van der Waals surface area (Å²) in [6.07, 6.45) is 0.848. The molecule has 7 nitrogen and oxygen atoms in total. The standard InChI is InChI=1S/C32H26N4O3S3/c1-3-20-14-16-22(17-15-20)25-24(26(37)28-19(2)33-29(41-28)23-12-8-5-9-13-23)27(38)30(39)36(25)31-34-35-32(42-31)40-18-21-10-6-4-7-11-21/h4-17,25,38H,3,18H2,1-2H3. The van der Waals surface area contributed by atoms with Gasteiger partial charge in [-0.1, -0.05) is 115 Å². The normalized spacial score (nSPS) is 15.0. The molecule has 42 heavy (non-hydrogen) atoms. The lowest BCUT2D eigenvalue weighted by Gasteiger charge is -2.24. The van der Waals surface area contributed by atoms with Gasteiger partial charge >= 0.3 is 0 Å². The molecule has 0 fully saturated rings. The maximum atomic E-state index is 14.2. The molecule has 0 saturated heterocycles. The average Bonchev–Trinajstić information content (AvgIpc) is 3.73. The molecule has 1 unspecified atom stereocenters. The zero-order chi connectivity index (χ0) is 29.2. The Bertz CT molecular complexity index is 1780. The van der Waals surface area contributed by atoms with E-state index >= 15 is 0 Å². The lowest BCUT2D eigenvalue weighted by molar-refractivity contribution is -0.117. The van der Waals surface area contributed by atoms with Crippen molar-refractivity contribution in [1.29, 1.82) is 0 Å². The van der Waals surface area contributed by atoms with E-state index in [0.717, 1.165) is 23.1 Å². The van der Waals surface area contributed by atoms with Crippen molar-refractivity contribution >= 4 is 51.3 Å². The number of anilines is 1. The number of ketones is 1. The number of amides is 1. The Balaban J connectivity index is 1.37. The van der Waals surface area contributed by atoms with Gasteiger partial charge in [0, 0.05) is 11.3 Å². The third-order valence-electron chi connectivity index (χ3n) is 6.99. The first kappa shape index (κ1) is 28.0. The predicted molar refractivity (Wildman–Crippen MR) is 168 cm³/mol. The van der Waals surface area contributed by atoms with E-state index in [1.807, 2.05) is 84.9 Å². The van der Waals surface area contributed by atoms with Crippen molar-refractivity contribution in [3.63, 3.8) is 0 Å². The van der Waals surface area contributed by atoms with Crippen LogP contribution in [0.15, 0.2) is 101 Å². The third-order valence-corrected chi connectivity index (χ3v) is 10.3. The Labute approximate surface area is 255 Å². The topological polar surface area (TPSA) is 96.3 Å². The molecular formula is C32H26N4O3S3. The Morgan fingerprint density at radius 1 is 0.929 bits per heavy atom. The van der Waals surface area contributed by atoms with Gasteiger partial charge in [0.2, 0.25) is 10.9 Å². The molecule has 3 aromatic carbocycles. The highest BCUT2D eigenvalue weighted by Crippen LogP contribution is 2.45. The third kappa shape index (κ3) is 5.40. The summed E-state index contributed by atoms with van der Waals surface area (Å²) < 4.78 is 0.687. The van der Waals surface area contributed by atoms with Gasteiger partial charge in [0.1, 0.15) is 5.01 Å². The number of aryl methyl sites for hydroxylation is 2. The summed E-state index contributed by atoms with van der Waals surface area (Å²) in [6, 6.07) is 26.5. The Morgan fingerprint density at radius 2 is 1.62 bits per heavy atom. The molecule has 2 aromatic heterocycles. The van der Waals surface area contributed by atoms with E-state index in [9.17, 15) is 14.7 Å². The molecule has 0 spiro atoms. The van der Waals surface area contributed by atoms with Gasteiger partial charge < -0.3 is 5.11 Å². The molecule has 1 aliphatic rings. The van der Waals surface area contributed by atoms with Gasteiger partial charge in [-0.15, -0.1) is 21.5 Å². The van der Waals surface area contributed by atoms with Gasteiger partial charge in [0.15, 0.2) is 10.1 Å². The number of aliphatic hydroxyl groups is 1. The van der Waals surface area contributed by atoms with Gasteiger partial charge in [-0.25, -0.2) is 4.98 Å². The quantitative estimate of drug-likeness (QED) is 0.104. The van der Waals surface area contributed by atoms with Crippen LogP contribution in [0, 0.1) is 6.92 Å². The number of carbonyl (C=O) groups excluding carboxylic acids is 2. The second-order valence-corrected chi connectivity index (χ2v) is 12.9. The van der Waals surface area contributed by atoms with Gasteiger partial charge in [-0.05, 0) is 30.0 Å². The minimum atomic E-state index is -0.863. The predicted octanol–water partition coefficient (Wildman–Crippen LogP) is 7.61. The molecule has 1 aliphatic heterocycles. The van der Waals surface area contributed by atoms with Crippen LogP contribution in [0.5, 0.6) is 0 Å². The van der Waals surface area contributed by atoms with Crippen LogP contribution in [-0.2, 0) is 17.0 Å².